The average molecular weight is 422 g/mol. The molecule has 9 heteroatoms. The highest BCUT2D eigenvalue weighted by Crippen LogP contribution is 2.46. The number of benzene rings is 1. The zero-order valence-electron chi connectivity index (χ0n) is 16.2. The fraction of sp³-hybridized carbons (Fsp3) is 0.350. The van der Waals surface area contributed by atoms with Crippen LogP contribution in [0.25, 0.3) is 0 Å². The van der Waals surface area contributed by atoms with Crippen LogP contribution in [0.1, 0.15) is 42.2 Å². The van der Waals surface area contributed by atoms with Gasteiger partial charge in [-0.3, -0.25) is 14.6 Å². The van der Waals surface area contributed by atoms with Crippen molar-refractivity contribution in [3.05, 3.63) is 52.6 Å². The Bertz CT molecular complexity index is 967. The second-order valence-corrected chi connectivity index (χ2v) is 7.75. The Morgan fingerprint density at radius 2 is 2.10 bits per heavy atom. The van der Waals surface area contributed by atoms with Crippen LogP contribution in [0.3, 0.4) is 0 Å². The number of anilines is 1. The molecule has 2 atom stereocenters. The summed E-state index contributed by atoms with van der Waals surface area (Å²) in [6.45, 7) is 3.73. The van der Waals surface area contributed by atoms with E-state index in [0.717, 1.165) is 0 Å². The van der Waals surface area contributed by atoms with Gasteiger partial charge in [-0.2, -0.15) is 0 Å². The monoisotopic (exact) mass is 421 g/mol. The number of hydrogen-bond donors (Lipinski definition) is 2. The Labute approximate surface area is 172 Å². The van der Waals surface area contributed by atoms with Crippen molar-refractivity contribution in [2.75, 3.05) is 12.4 Å². The number of nitrogens with two attached hydrogens (primary N) is 1. The normalized spacial score (nSPS) is 20.3. The smallest absolute Gasteiger partial charge is 0.267 e. The predicted molar refractivity (Wildman–Crippen MR) is 106 cm³/mol. The quantitative estimate of drug-likeness (QED) is 0.771. The van der Waals surface area contributed by atoms with E-state index >= 15 is 0 Å². The summed E-state index contributed by atoms with van der Waals surface area (Å²) in [5.41, 5.74) is 5.59. The van der Waals surface area contributed by atoms with Crippen LogP contribution in [0.15, 0.2) is 30.5 Å². The van der Waals surface area contributed by atoms with Gasteiger partial charge in [0.05, 0.1) is 12.7 Å². The first kappa shape index (κ1) is 21.0. The molecule has 2 aromatic rings. The maximum Gasteiger partial charge on any atom is 0.267 e. The minimum absolute atomic E-state index is 0.0269. The van der Waals surface area contributed by atoms with Crippen molar-refractivity contribution < 1.29 is 23.5 Å². The summed E-state index contributed by atoms with van der Waals surface area (Å²) in [5, 5.41) is 2.58. The van der Waals surface area contributed by atoms with Gasteiger partial charge in [-0.05, 0) is 38.5 Å². The van der Waals surface area contributed by atoms with Gasteiger partial charge in [0, 0.05) is 23.4 Å². The third-order valence-electron chi connectivity index (χ3n) is 4.75. The van der Waals surface area contributed by atoms with Crippen molar-refractivity contribution in [3.8, 4) is 5.75 Å². The maximum absolute atomic E-state index is 13.9. The number of nitrogens with zero attached hydrogens (tertiary/aromatic N) is 1. The lowest BCUT2D eigenvalue weighted by Crippen LogP contribution is -2.33. The highest BCUT2D eigenvalue weighted by Gasteiger charge is 2.46. The second kappa shape index (κ2) is 7.96. The number of hydrogen-bond acceptors (Lipinski definition) is 5. The van der Waals surface area contributed by atoms with Crippen LogP contribution in [-0.4, -0.2) is 35.6 Å². The van der Waals surface area contributed by atoms with E-state index in [1.807, 2.05) is 13.8 Å². The Hall–Kier alpha value is -2.71. The standard InChI is InChI=1S/C20H21ClFN3O4/c1-20(2)9-12(11-4-5-13(22)15(21)16(11)28-3)17(29-20)19(27)25-10-6-7-24-14(8-10)18(23)26/h4-8,12,17H,9H2,1-3H3,(H2,23,26)(H,24,25,27)/t12-,17+/m1/s1. The Kier molecular flexibility index (Phi) is 5.77. The molecule has 7 nitrogen and oxygen atoms in total. The molecule has 0 bridgehead atoms. The third kappa shape index (κ3) is 4.33. The van der Waals surface area contributed by atoms with Crippen LogP contribution in [0.5, 0.6) is 5.75 Å². The number of halogens is 2. The lowest BCUT2D eigenvalue weighted by atomic mass is 9.87. The van der Waals surface area contributed by atoms with Gasteiger partial charge >= 0.3 is 0 Å². The summed E-state index contributed by atoms with van der Waals surface area (Å²) in [7, 11) is 1.39. The zero-order valence-corrected chi connectivity index (χ0v) is 16.9. The molecule has 0 radical (unpaired) electrons. The average Bonchev–Trinajstić information content (AvgIpc) is 2.99. The molecule has 0 saturated carbocycles. The van der Waals surface area contributed by atoms with E-state index in [0.29, 0.717) is 17.7 Å². The van der Waals surface area contributed by atoms with E-state index in [4.69, 9.17) is 26.8 Å². The molecule has 2 heterocycles. The maximum atomic E-state index is 13.9. The van der Waals surface area contributed by atoms with E-state index < -0.39 is 35.3 Å². The predicted octanol–water partition coefficient (Wildman–Crippen LogP) is 3.27. The third-order valence-corrected chi connectivity index (χ3v) is 5.10. The number of aromatic nitrogens is 1. The summed E-state index contributed by atoms with van der Waals surface area (Å²) in [6, 6.07) is 5.70. The Morgan fingerprint density at radius 3 is 2.76 bits per heavy atom. The van der Waals surface area contributed by atoms with Crippen LogP contribution in [0.2, 0.25) is 5.02 Å². The molecule has 0 aliphatic carbocycles. The van der Waals surface area contributed by atoms with Crippen molar-refractivity contribution in [3.63, 3.8) is 0 Å². The summed E-state index contributed by atoms with van der Waals surface area (Å²) in [5.74, 6) is -1.99. The van der Waals surface area contributed by atoms with Gasteiger partial charge in [-0.15, -0.1) is 0 Å². The van der Waals surface area contributed by atoms with E-state index in [2.05, 4.69) is 10.3 Å². The number of amides is 2. The van der Waals surface area contributed by atoms with Gasteiger partial charge in [-0.25, -0.2) is 4.39 Å². The lowest BCUT2D eigenvalue weighted by Gasteiger charge is -2.21. The number of rotatable bonds is 5. The topological polar surface area (TPSA) is 104 Å². The second-order valence-electron chi connectivity index (χ2n) is 7.38. The molecule has 29 heavy (non-hydrogen) atoms. The fourth-order valence-electron chi connectivity index (χ4n) is 3.52. The number of pyridine rings is 1. The lowest BCUT2D eigenvalue weighted by molar-refractivity contribution is -0.130. The molecule has 1 aromatic heterocycles. The van der Waals surface area contributed by atoms with Gasteiger partial charge < -0.3 is 20.5 Å². The highest BCUT2D eigenvalue weighted by molar-refractivity contribution is 6.32. The van der Waals surface area contributed by atoms with Crippen LogP contribution < -0.4 is 15.8 Å². The first-order chi connectivity index (χ1) is 13.6. The van der Waals surface area contributed by atoms with Crippen molar-refractivity contribution >= 4 is 29.1 Å². The van der Waals surface area contributed by atoms with E-state index in [-0.39, 0.29) is 16.5 Å². The molecule has 1 fully saturated rings. The van der Waals surface area contributed by atoms with Crippen molar-refractivity contribution in [1.82, 2.24) is 4.98 Å². The number of nitrogens with one attached hydrogen (secondary N) is 1. The summed E-state index contributed by atoms with van der Waals surface area (Å²) in [4.78, 5) is 28.2. The number of ether oxygens (including phenoxy) is 2. The van der Waals surface area contributed by atoms with Gasteiger partial charge in [-0.1, -0.05) is 17.7 Å². The van der Waals surface area contributed by atoms with Gasteiger partial charge in [0.2, 0.25) is 0 Å². The molecule has 3 rings (SSSR count). The van der Waals surface area contributed by atoms with Crippen LogP contribution in [0.4, 0.5) is 10.1 Å². The first-order valence-corrected chi connectivity index (χ1v) is 9.27. The minimum atomic E-state index is -0.884. The Balaban J connectivity index is 1.93. The van der Waals surface area contributed by atoms with Crippen molar-refractivity contribution in [1.29, 1.82) is 0 Å². The van der Waals surface area contributed by atoms with E-state index in [1.54, 1.807) is 6.07 Å². The number of primary amides is 1. The molecule has 2 amide bonds. The molecule has 0 unspecified atom stereocenters. The summed E-state index contributed by atoms with van der Waals surface area (Å²) in [6.07, 6.45) is 0.979. The molecular weight excluding hydrogens is 401 g/mol. The molecule has 154 valence electrons. The van der Waals surface area contributed by atoms with Crippen molar-refractivity contribution in [2.24, 2.45) is 5.73 Å². The van der Waals surface area contributed by atoms with Crippen LogP contribution in [0, 0.1) is 5.82 Å². The van der Waals surface area contributed by atoms with Gasteiger partial charge in [0.1, 0.15) is 28.4 Å². The van der Waals surface area contributed by atoms with Crippen molar-refractivity contribution in [2.45, 2.75) is 37.9 Å². The number of carbonyl (C=O) groups is 2. The summed E-state index contributed by atoms with van der Waals surface area (Å²) < 4.78 is 25.2. The first-order valence-electron chi connectivity index (χ1n) is 8.89. The minimum Gasteiger partial charge on any atom is -0.495 e. The largest absolute Gasteiger partial charge is 0.495 e. The zero-order chi connectivity index (χ0) is 21.3. The number of methoxy groups -OCH3 is 1. The molecular formula is C20H21ClFN3O4. The van der Waals surface area contributed by atoms with Crippen LogP contribution >= 0.6 is 11.6 Å². The van der Waals surface area contributed by atoms with Gasteiger partial charge in [0.25, 0.3) is 11.8 Å². The summed E-state index contributed by atoms with van der Waals surface area (Å²) >= 11 is 6.06. The number of carbonyl (C=O) groups excluding carboxylic acids is 2. The SMILES string of the molecule is COc1c([C@H]2CC(C)(C)O[C@@H]2C(=O)Nc2ccnc(C(N)=O)c2)ccc(F)c1Cl. The molecule has 1 aliphatic heterocycles. The highest BCUT2D eigenvalue weighted by atomic mass is 35.5. The molecule has 1 aromatic carbocycles. The fourth-order valence-corrected chi connectivity index (χ4v) is 3.77. The molecule has 0 spiro atoms. The van der Waals surface area contributed by atoms with Gasteiger partial charge in [0.15, 0.2) is 0 Å². The molecule has 1 saturated heterocycles. The Morgan fingerprint density at radius 1 is 1.38 bits per heavy atom. The van der Waals surface area contributed by atoms with E-state index in [1.165, 1.54) is 31.5 Å². The van der Waals surface area contributed by atoms with E-state index in [9.17, 15) is 14.0 Å². The molecule has 3 N–H and O–H groups in total. The molecule has 1 aliphatic rings. The van der Waals surface area contributed by atoms with Crippen LogP contribution in [-0.2, 0) is 9.53 Å².